The number of ether oxygens (including phenoxy) is 1. The quantitative estimate of drug-likeness (QED) is 0.806. The van der Waals surface area contributed by atoms with Crippen molar-refractivity contribution in [3.63, 3.8) is 0 Å². The SMILES string of the molecule is CC(=O)N1CCOc2ccc(S(=O)(=O)N(C)CC(=O)NC3CCCC3)cc21. The fourth-order valence-corrected chi connectivity index (χ4v) is 4.64. The van der Waals surface area contributed by atoms with Gasteiger partial charge in [-0.25, -0.2) is 8.42 Å². The molecule has 9 heteroatoms. The maximum atomic E-state index is 12.9. The number of anilines is 1. The number of benzene rings is 1. The summed E-state index contributed by atoms with van der Waals surface area (Å²) in [6, 6.07) is 4.54. The van der Waals surface area contributed by atoms with E-state index in [1.54, 1.807) is 6.07 Å². The third-order valence-corrected chi connectivity index (χ3v) is 6.77. The molecular weight excluding hydrogens is 370 g/mol. The summed E-state index contributed by atoms with van der Waals surface area (Å²) in [4.78, 5) is 25.5. The molecule has 1 N–H and O–H groups in total. The van der Waals surface area contributed by atoms with Crippen LogP contribution < -0.4 is 15.0 Å². The fourth-order valence-electron chi connectivity index (χ4n) is 3.50. The topological polar surface area (TPSA) is 96.0 Å². The average molecular weight is 395 g/mol. The molecule has 1 aromatic carbocycles. The van der Waals surface area contributed by atoms with Gasteiger partial charge in [-0.1, -0.05) is 12.8 Å². The summed E-state index contributed by atoms with van der Waals surface area (Å²) < 4.78 is 32.3. The highest BCUT2D eigenvalue weighted by atomic mass is 32.2. The maximum Gasteiger partial charge on any atom is 0.243 e. The van der Waals surface area contributed by atoms with E-state index in [1.165, 1.54) is 31.0 Å². The van der Waals surface area contributed by atoms with Crippen LogP contribution in [0.3, 0.4) is 0 Å². The van der Waals surface area contributed by atoms with Crippen LogP contribution >= 0.6 is 0 Å². The van der Waals surface area contributed by atoms with Gasteiger partial charge in [0.1, 0.15) is 12.4 Å². The van der Waals surface area contributed by atoms with Crippen molar-refractivity contribution in [2.75, 3.05) is 31.6 Å². The third-order valence-electron chi connectivity index (χ3n) is 4.97. The number of likely N-dealkylation sites (N-methyl/N-ethyl adjacent to an activating group) is 1. The predicted molar refractivity (Wildman–Crippen MR) is 100 cm³/mol. The van der Waals surface area contributed by atoms with E-state index in [9.17, 15) is 18.0 Å². The van der Waals surface area contributed by atoms with Crippen molar-refractivity contribution in [1.82, 2.24) is 9.62 Å². The minimum absolute atomic E-state index is 0.0224. The molecule has 0 spiro atoms. The van der Waals surface area contributed by atoms with Crippen molar-refractivity contribution >= 4 is 27.5 Å². The zero-order chi connectivity index (χ0) is 19.6. The highest BCUT2D eigenvalue weighted by Gasteiger charge is 2.28. The van der Waals surface area contributed by atoms with Crippen LogP contribution in [0.4, 0.5) is 5.69 Å². The van der Waals surface area contributed by atoms with Gasteiger partial charge in [0.15, 0.2) is 0 Å². The molecule has 148 valence electrons. The van der Waals surface area contributed by atoms with Crippen LogP contribution in [0, 0.1) is 0 Å². The molecular formula is C18H25N3O5S. The number of rotatable bonds is 5. The second kappa shape index (κ2) is 7.85. The smallest absolute Gasteiger partial charge is 0.243 e. The van der Waals surface area contributed by atoms with Crippen molar-refractivity contribution in [1.29, 1.82) is 0 Å². The van der Waals surface area contributed by atoms with Crippen molar-refractivity contribution in [2.45, 2.75) is 43.5 Å². The molecule has 1 aliphatic heterocycles. The lowest BCUT2D eigenvalue weighted by atomic mass is 10.2. The Morgan fingerprint density at radius 2 is 2.00 bits per heavy atom. The Kier molecular flexibility index (Phi) is 5.71. The first-order valence-corrected chi connectivity index (χ1v) is 10.5. The molecule has 1 saturated carbocycles. The van der Waals surface area contributed by atoms with Gasteiger partial charge in [0.25, 0.3) is 0 Å². The summed E-state index contributed by atoms with van der Waals surface area (Å²) in [6.07, 6.45) is 4.05. The van der Waals surface area contributed by atoms with E-state index in [2.05, 4.69) is 5.32 Å². The Hall–Kier alpha value is -2.13. The second-order valence-corrected chi connectivity index (χ2v) is 9.00. The molecule has 1 aromatic rings. The van der Waals surface area contributed by atoms with E-state index in [4.69, 9.17) is 4.74 Å². The lowest BCUT2D eigenvalue weighted by Gasteiger charge is -2.29. The van der Waals surface area contributed by atoms with Crippen molar-refractivity contribution in [2.24, 2.45) is 0 Å². The minimum atomic E-state index is -3.87. The summed E-state index contributed by atoms with van der Waals surface area (Å²) in [7, 11) is -2.49. The minimum Gasteiger partial charge on any atom is -0.490 e. The molecule has 0 radical (unpaired) electrons. The molecule has 3 rings (SSSR count). The molecule has 0 saturated heterocycles. The summed E-state index contributed by atoms with van der Waals surface area (Å²) in [6.45, 7) is 1.91. The number of hydrogen-bond acceptors (Lipinski definition) is 5. The fraction of sp³-hybridized carbons (Fsp3) is 0.556. The summed E-state index contributed by atoms with van der Waals surface area (Å²) in [5.41, 5.74) is 0.429. The Balaban J connectivity index is 1.76. The van der Waals surface area contributed by atoms with E-state index in [0.717, 1.165) is 30.0 Å². The van der Waals surface area contributed by atoms with E-state index < -0.39 is 10.0 Å². The molecule has 27 heavy (non-hydrogen) atoms. The van der Waals surface area contributed by atoms with Gasteiger partial charge in [-0.15, -0.1) is 0 Å². The number of nitrogens with one attached hydrogen (secondary N) is 1. The molecule has 1 aliphatic carbocycles. The standard InChI is InChI=1S/C18H25N3O5S/c1-13(22)21-9-10-26-17-8-7-15(11-16(17)21)27(24,25)20(2)12-18(23)19-14-5-3-4-6-14/h7-8,11,14H,3-6,9-10,12H2,1-2H3,(H,19,23). The summed E-state index contributed by atoms with van der Waals surface area (Å²) >= 11 is 0. The highest BCUT2D eigenvalue weighted by molar-refractivity contribution is 7.89. The van der Waals surface area contributed by atoms with Crippen LogP contribution in [-0.2, 0) is 19.6 Å². The number of carbonyl (C=O) groups excluding carboxylic acids is 2. The first-order valence-electron chi connectivity index (χ1n) is 9.09. The molecule has 1 fully saturated rings. The third kappa shape index (κ3) is 4.24. The van der Waals surface area contributed by atoms with E-state index in [1.807, 2.05) is 0 Å². The normalized spacial score (nSPS) is 17.5. The zero-order valence-corrected chi connectivity index (χ0v) is 16.4. The van der Waals surface area contributed by atoms with E-state index in [0.29, 0.717) is 24.6 Å². The average Bonchev–Trinajstić information content (AvgIpc) is 3.13. The molecule has 2 aliphatic rings. The lowest BCUT2D eigenvalue weighted by molar-refractivity contribution is -0.121. The van der Waals surface area contributed by atoms with E-state index >= 15 is 0 Å². The van der Waals surface area contributed by atoms with Gasteiger partial charge in [0, 0.05) is 20.0 Å². The zero-order valence-electron chi connectivity index (χ0n) is 15.6. The monoisotopic (exact) mass is 395 g/mol. The van der Waals surface area contributed by atoms with Crippen molar-refractivity contribution in [3.05, 3.63) is 18.2 Å². The Morgan fingerprint density at radius 1 is 1.30 bits per heavy atom. The summed E-state index contributed by atoms with van der Waals surface area (Å²) in [5, 5.41) is 2.89. The van der Waals surface area contributed by atoms with Gasteiger partial charge in [-0.05, 0) is 31.0 Å². The van der Waals surface area contributed by atoms with Crippen molar-refractivity contribution in [3.8, 4) is 5.75 Å². The van der Waals surface area contributed by atoms with Crippen LogP contribution in [0.5, 0.6) is 5.75 Å². The van der Waals surface area contributed by atoms with Crippen LogP contribution in [-0.4, -0.2) is 57.3 Å². The number of nitrogens with zero attached hydrogens (tertiary/aromatic N) is 2. The van der Waals surface area contributed by atoms with Crippen LogP contribution in [0.25, 0.3) is 0 Å². The molecule has 0 unspecified atom stereocenters. The van der Waals surface area contributed by atoms with E-state index in [-0.39, 0.29) is 29.3 Å². The Labute approximate surface area is 159 Å². The van der Waals surface area contributed by atoms with Gasteiger partial charge < -0.3 is 15.0 Å². The number of amides is 2. The summed E-state index contributed by atoms with van der Waals surface area (Å²) in [5.74, 6) is -0.0185. The molecule has 0 atom stereocenters. The maximum absolute atomic E-state index is 12.9. The first kappa shape index (κ1) is 19.6. The number of sulfonamides is 1. The Morgan fingerprint density at radius 3 is 2.67 bits per heavy atom. The van der Waals surface area contributed by atoms with Gasteiger partial charge >= 0.3 is 0 Å². The number of fused-ring (bicyclic) bond motifs is 1. The second-order valence-electron chi connectivity index (χ2n) is 6.96. The van der Waals surface area contributed by atoms with Gasteiger partial charge in [-0.3, -0.25) is 9.59 Å². The van der Waals surface area contributed by atoms with Gasteiger partial charge in [-0.2, -0.15) is 4.31 Å². The molecule has 0 bridgehead atoms. The van der Waals surface area contributed by atoms with Crippen LogP contribution in [0.1, 0.15) is 32.6 Å². The van der Waals surface area contributed by atoms with Gasteiger partial charge in [0.2, 0.25) is 21.8 Å². The molecule has 1 heterocycles. The highest BCUT2D eigenvalue weighted by Crippen LogP contribution is 2.34. The molecule has 8 nitrogen and oxygen atoms in total. The number of carbonyl (C=O) groups is 2. The Bertz CT molecular complexity index is 833. The van der Waals surface area contributed by atoms with Crippen LogP contribution in [0.2, 0.25) is 0 Å². The first-order chi connectivity index (χ1) is 12.8. The lowest BCUT2D eigenvalue weighted by Crippen LogP contribution is -2.42. The van der Waals surface area contributed by atoms with Gasteiger partial charge in [0.05, 0.1) is 23.7 Å². The molecule has 2 amide bonds. The predicted octanol–water partition coefficient (Wildman–Crippen LogP) is 1.11. The number of hydrogen-bond donors (Lipinski definition) is 1. The largest absolute Gasteiger partial charge is 0.490 e. The molecule has 0 aromatic heterocycles. The van der Waals surface area contributed by atoms with Crippen molar-refractivity contribution < 1.29 is 22.7 Å². The van der Waals surface area contributed by atoms with Crippen LogP contribution in [0.15, 0.2) is 23.1 Å².